The van der Waals surface area contributed by atoms with E-state index >= 15 is 0 Å². The Bertz CT molecular complexity index is 248. The lowest BCUT2D eigenvalue weighted by Gasteiger charge is -2.21. The van der Waals surface area contributed by atoms with Gasteiger partial charge in [0.15, 0.2) is 0 Å². The van der Waals surface area contributed by atoms with Gasteiger partial charge in [-0.25, -0.2) is 0 Å². The van der Waals surface area contributed by atoms with Crippen LogP contribution in [0.4, 0.5) is 0 Å². The molecule has 4 N–H and O–H groups in total. The molecule has 0 aliphatic carbocycles. The van der Waals surface area contributed by atoms with Crippen LogP contribution in [0.5, 0.6) is 0 Å². The zero-order valence-corrected chi connectivity index (χ0v) is 15.8. The van der Waals surface area contributed by atoms with Gasteiger partial charge in [0.2, 0.25) is 0 Å². The molecule has 0 spiro atoms. The Morgan fingerprint density at radius 3 is 1.29 bits per heavy atom. The molecular weight excluding hydrogens is 304 g/mol. The van der Waals surface area contributed by atoms with Crippen molar-refractivity contribution in [1.82, 2.24) is 0 Å². The van der Waals surface area contributed by atoms with Gasteiger partial charge in [-0.15, -0.1) is 0 Å². The van der Waals surface area contributed by atoms with E-state index in [1.165, 1.54) is 77.0 Å². The smallest absolute Gasteiger partial charge is 0.108 e. The third kappa shape index (κ3) is 14.2. The lowest BCUT2D eigenvalue weighted by molar-refractivity contribution is -0.0787. The molecule has 146 valence electrons. The Morgan fingerprint density at radius 1 is 0.542 bits per heavy atom. The summed E-state index contributed by atoms with van der Waals surface area (Å²) in [5.74, 6) is 0. The van der Waals surface area contributed by atoms with Gasteiger partial charge in [-0.05, 0) is 6.42 Å². The van der Waals surface area contributed by atoms with Crippen LogP contribution in [-0.2, 0) is 0 Å². The maximum absolute atomic E-state index is 9.69. The van der Waals surface area contributed by atoms with Gasteiger partial charge in [-0.2, -0.15) is 0 Å². The van der Waals surface area contributed by atoms with Gasteiger partial charge in [-0.1, -0.05) is 96.8 Å². The van der Waals surface area contributed by atoms with E-state index in [1.807, 2.05) is 0 Å². The number of hydrogen-bond acceptors (Lipinski definition) is 4. The van der Waals surface area contributed by atoms with Gasteiger partial charge in [0, 0.05) is 0 Å². The van der Waals surface area contributed by atoms with Gasteiger partial charge < -0.3 is 20.4 Å². The standard InChI is InChI=1S/C20H42O4/c1-2-3-4-5-6-7-8-9-10-11-12-13-14-15-16-18(22)20(24)19(23)17-21/h18-24H,2-17H2,1H3/t18-,19+,20+/m0/s1. The largest absolute Gasteiger partial charge is 0.394 e. The highest BCUT2D eigenvalue weighted by Crippen LogP contribution is 2.14. The fraction of sp³-hybridized carbons (Fsp3) is 1.00. The van der Waals surface area contributed by atoms with Crippen molar-refractivity contribution in [3.8, 4) is 0 Å². The summed E-state index contributed by atoms with van der Waals surface area (Å²) in [7, 11) is 0. The third-order valence-corrected chi connectivity index (χ3v) is 4.83. The lowest BCUT2D eigenvalue weighted by atomic mass is 10.0. The van der Waals surface area contributed by atoms with E-state index in [4.69, 9.17) is 5.11 Å². The SMILES string of the molecule is CCCCCCCCCCCCCCCC[C@H](O)[C@@H](O)[C@H](O)CO. The van der Waals surface area contributed by atoms with Crippen LogP contribution >= 0.6 is 0 Å². The molecule has 0 aliphatic rings. The number of hydrogen-bond donors (Lipinski definition) is 4. The molecule has 0 saturated heterocycles. The van der Waals surface area contributed by atoms with Crippen molar-refractivity contribution < 1.29 is 20.4 Å². The maximum atomic E-state index is 9.69. The van der Waals surface area contributed by atoms with Crippen LogP contribution in [0.15, 0.2) is 0 Å². The fourth-order valence-electron chi connectivity index (χ4n) is 3.08. The third-order valence-electron chi connectivity index (χ3n) is 4.83. The summed E-state index contributed by atoms with van der Waals surface area (Å²) >= 11 is 0. The Kier molecular flexibility index (Phi) is 17.5. The van der Waals surface area contributed by atoms with Gasteiger partial charge in [-0.3, -0.25) is 0 Å². The van der Waals surface area contributed by atoms with Crippen LogP contribution in [-0.4, -0.2) is 45.3 Å². The summed E-state index contributed by atoms with van der Waals surface area (Å²) in [5.41, 5.74) is 0. The fourth-order valence-corrected chi connectivity index (χ4v) is 3.08. The van der Waals surface area contributed by atoms with Crippen molar-refractivity contribution >= 4 is 0 Å². The molecule has 3 atom stereocenters. The highest BCUT2D eigenvalue weighted by Gasteiger charge is 2.23. The molecule has 0 radical (unpaired) electrons. The van der Waals surface area contributed by atoms with Crippen LogP contribution in [0, 0.1) is 0 Å². The minimum absolute atomic E-state index is 0.482. The average Bonchev–Trinajstić information content (AvgIpc) is 2.60. The van der Waals surface area contributed by atoms with Gasteiger partial charge in [0.25, 0.3) is 0 Å². The lowest BCUT2D eigenvalue weighted by Crippen LogP contribution is -2.39. The summed E-state index contributed by atoms with van der Waals surface area (Å²) in [4.78, 5) is 0. The predicted molar refractivity (Wildman–Crippen MR) is 100 cm³/mol. The van der Waals surface area contributed by atoms with Crippen LogP contribution in [0.2, 0.25) is 0 Å². The molecular formula is C20H42O4. The molecule has 0 rings (SSSR count). The van der Waals surface area contributed by atoms with Crippen molar-refractivity contribution in [3.63, 3.8) is 0 Å². The molecule has 0 amide bonds. The first kappa shape index (κ1) is 23.8. The zero-order chi connectivity index (χ0) is 18.0. The summed E-state index contributed by atoms with van der Waals surface area (Å²) in [6, 6.07) is 0. The first-order chi connectivity index (χ1) is 11.6. The topological polar surface area (TPSA) is 80.9 Å². The van der Waals surface area contributed by atoms with Gasteiger partial charge in [0.05, 0.1) is 12.7 Å². The highest BCUT2D eigenvalue weighted by molar-refractivity contribution is 4.74. The van der Waals surface area contributed by atoms with E-state index in [9.17, 15) is 15.3 Å². The molecule has 0 aliphatic heterocycles. The highest BCUT2D eigenvalue weighted by atomic mass is 16.4. The minimum atomic E-state index is -1.24. The zero-order valence-electron chi connectivity index (χ0n) is 15.8. The summed E-state index contributed by atoms with van der Waals surface area (Å²) in [6.07, 6.45) is 15.1. The molecule has 0 heterocycles. The van der Waals surface area contributed by atoms with Gasteiger partial charge in [0.1, 0.15) is 12.2 Å². The molecule has 4 heteroatoms. The average molecular weight is 347 g/mol. The molecule has 0 aromatic rings. The van der Waals surface area contributed by atoms with Crippen molar-refractivity contribution in [2.75, 3.05) is 6.61 Å². The van der Waals surface area contributed by atoms with Crippen molar-refractivity contribution in [2.24, 2.45) is 0 Å². The quantitative estimate of drug-likeness (QED) is 0.283. The van der Waals surface area contributed by atoms with Crippen LogP contribution in [0.1, 0.15) is 103 Å². The van der Waals surface area contributed by atoms with Crippen LogP contribution in [0.3, 0.4) is 0 Å². The molecule has 4 nitrogen and oxygen atoms in total. The maximum Gasteiger partial charge on any atom is 0.108 e. The summed E-state index contributed by atoms with van der Waals surface area (Å²) in [5, 5.41) is 37.2. The van der Waals surface area contributed by atoms with Crippen molar-refractivity contribution in [3.05, 3.63) is 0 Å². The second-order valence-electron chi connectivity index (χ2n) is 7.19. The second kappa shape index (κ2) is 17.7. The first-order valence-corrected chi connectivity index (χ1v) is 10.3. The molecule has 0 bridgehead atoms. The van der Waals surface area contributed by atoms with Crippen molar-refractivity contribution in [1.29, 1.82) is 0 Å². The normalized spacial score (nSPS) is 15.4. The number of rotatable bonds is 18. The van der Waals surface area contributed by atoms with E-state index in [2.05, 4.69) is 6.92 Å². The van der Waals surface area contributed by atoms with Crippen LogP contribution in [0.25, 0.3) is 0 Å². The van der Waals surface area contributed by atoms with Gasteiger partial charge >= 0.3 is 0 Å². The monoisotopic (exact) mass is 346 g/mol. The van der Waals surface area contributed by atoms with E-state index in [1.54, 1.807) is 0 Å². The van der Waals surface area contributed by atoms with E-state index in [0.29, 0.717) is 6.42 Å². The first-order valence-electron chi connectivity index (χ1n) is 10.3. The van der Waals surface area contributed by atoms with Crippen LogP contribution < -0.4 is 0 Å². The molecule has 0 aromatic carbocycles. The molecule has 0 aromatic heterocycles. The summed E-state index contributed by atoms with van der Waals surface area (Å²) < 4.78 is 0. The minimum Gasteiger partial charge on any atom is -0.394 e. The Labute approximate surface area is 149 Å². The molecule has 0 saturated carbocycles. The molecule has 0 fully saturated rings. The predicted octanol–water partition coefficient (Wildman–Crippen LogP) is 3.93. The summed E-state index contributed by atoms with van der Waals surface area (Å²) in [6.45, 7) is 1.74. The number of aliphatic hydroxyl groups excluding tert-OH is 4. The number of unbranched alkanes of at least 4 members (excludes halogenated alkanes) is 13. The second-order valence-corrected chi connectivity index (χ2v) is 7.19. The van der Waals surface area contributed by atoms with E-state index in [-0.39, 0.29) is 0 Å². The Balaban J connectivity index is 3.23. The Hall–Kier alpha value is -0.160. The molecule has 24 heavy (non-hydrogen) atoms. The van der Waals surface area contributed by atoms with E-state index in [0.717, 1.165) is 12.8 Å². The van der Waals surface area contributed by atoms with Crippen molar-refractivity contribution in [2.45, 2.75) is 122 Å². The van der Waals surface area contributed by atoms with E-state index < -0.39 is 24.9 Å². The number of aliphatic hydroxyl groups is 4. The Morgan fingerprint density at radius 2 is 0.917 bits per heavy atom. The molecule has 0 unspecified atom stereocenters.